The number of amides is 1. The summed E-state index contributed by atoms with van der Waals surface area (Å²) in [5.41, 5.74) is 1.73. The van der Waals surface area contributed by atoms with Crippen molar-refractivity contribution >= 4 is 11.6 Å². The van der Waals surface area contributed by atoms with Gasteiger partial charge in [0.15, 0.2) is 0 Å². The second kappa shape index (κ2) is 6.31. The highest BCUT2D eigenvalue weighted by molar-refractivity contribution is 5.95. The van der Waals surface area contributed by atoms with Gasteiger partial charge in [0.05, 0.1) is 30.7 Å². The first-order chi connectivity index (χ1) is 10.7. The van der Waals surface area contributed by atoms with Crippen molar-refractivity contribution in [1.82, 2.24) is 9.78 Å². The van der Waals surface area contributed by atoms with Gasteiger partial charge in [-0.15, -0.1) is 0 Å². The minimum absolute atomic E-state index is 0.0789. The molecule has 0 radical (unpaired) electrons. The number of nitrogens with zero attached hydrogens (tertiary/aromatic N) is 2. The van der Waals surface area contributed by atoms with E-state index in [4.69, 9.17) is 4.74 Å². The molecule has 1 aromatic heterocycles. The summed E-state index contributed by atoms with van der Waals surface area (Å²) in [4.78, 5) is 11.1. The summed E-state index contributed by atoms with van der Waals surface area (Å²) < 4.78 is 43.8. The average Bonchev–Trinajstić information content (AvgIpc) is 2.74. The van der Waals surface area contributed by atoms with Crippen LogP contribution in [-0.4, -0.2) is 29.0 Å². The van der Waals surface area contributed by atoms with E-state index in [9.17, 15) is 18.0 Å². The Hall–Kier alpha value is -2.51. The number of alkyl halides is 3. The lowest BCUT2D eigenvalue weighted by molar-refractivity contribution is -0.167. The van der Waals surface area contributed by atoms with Crippen molar-refractivity contribution in [3.8, 4) is 5.75 Å². The fourth-order valence-electron chi connectivity index (χ4n) is 2.16. The summed E-state index contributed by atoms with van der Waals surface area (Å²) in [6.07, 6.45) is -4.94. The fraction of sp³-hybridized carbons (Fsp3) is 0.333. The molecule has 2 aromatic rings. The molecule has 2 rings (SSSR count). The van der Waals surface area contributed by atoms with Crippen LogP contribution in [0.3, 0.4) is 0 Å². The van der Waals surface area contributed by atoms with E-state index in [1.165, 1.54) is 4.68 Å². The Bertz CT molecular complexity index is 723. The maximum Gasteiger partial charge on any atom is 0.471 e. The van der Waals surface area contributed by atoms with Crippen LogP contribution in [0.1, 0.15) is 17.0 Å². The molecule has 0 unspecified atom stereocenters. The van der Waals surface area contributed by atoms with Crippen LogP contribution >= 0.6 is 0 Å². The Kier molecular flexibility index (Phi) is 4.63. The van der Waals surface area contributed by atoms with Crippen molar-refractivity contribution in [1.29, 1.82) is 0 Å². The summed E-state index contributed by atoms with van der Waals surface area (Å²) in [6, 6.07) is 7.27. The van der Waals surface area contributed by atoms with Gasteiger partial charge < -0.3 is 10.1 Å². The molecule has 1 N–H and O–H groups in total. The van der Waals surface area contributed by atoms with E-state index in [2.05, 4.69) is 5.10 Å². The second-order valence-electron chi connectivity index (χ2n) is 5.01. The van der Waals surface area contributed by atoms with Crippen molar-refractivity contribution in [2.45, 2.75) is 26.6 Å². The second-order valence-corrected chi connectivity index (χ2v) is 5.01. The minimum Gasteiger partial charge on any atom is -0.497 e. The largest absolute Gasteiger partial charge is 0.497 e. The summed E-state index contributed by atoms with van der Waals surface area (Å²) >= 11 is 0. The zero-order chi connectivity index (χ0) is 17.2. The monoisotopic (exact) mass is 327 g/mol. The number of carbonyl (C=O) groups excluding carboxylic acids is 1. The Morgan fingerprint density at radius 1 is 1.35 bits per heavy atom. The molecule has 0 aliphatic carbocycles. The van der Waals surface area contributed by atoms with Gasteiger partial charge in [0.25, 0.3) is 0 Å². The van der Waals surface area contributed by atoms with E-state index in [0.717, 1.165) is 5.56 Å². The normalized spacial score (nSPS) is 11.4. The van der Waals surface area contributed by atoms with Gasteiger partial charge in [-0.25, -0.2) is 0 Å². The predicted octanol–water partition coefficient (Wildman–Crippen LogP) is 3.06. The molecule has 23 heavy (non-hydrogen) atoms. The van der Waals surface area contributed by atoms with Gasteiger partial charge in [0, 0.05) is 0 Å². The van der Waals surface area contributed by atoms with Crippen LogP contribution in [0.2, 0.25) is 0 Å². The van der Waals surface area contributed by atoms with Crippen molar-refractivity contribution in [3.05, 3.63) is 41.2 Å². The molecule has 0 bridgehead atoms. The zero-order valence-corrected chi connectivity index (χ0v) is 12.9. The van der Waals surface area contributed by atoms with Crippen LogP contribution in [0.15, 0.2) is 24.3 Å². The molecule has 5 nitrogen and oxygen atoms in total. The Balaban J connectivity index is 2.25. The van der Waals surface area contributed by atoms with Crippen LogP contribution in [-0.2, 0) is 11.3 Å². The Labute approximate surface area is 131 Å². The van der Waals surface area contributed by atoms with Crippen LogP contribution in [0.25, 0.3) is 0 Å². The minimum atomic E-state index is -4.94. The smallest absolute Gasteiger partial charge is 0.471 e. The molecular formula is C15H16F3N3O2. The number of nitrogens with one attached hydrogen (secondary N) is 1. The van der Waals surface area contributed by atoms with Gasteiger partial charge in [-0.1, -0.05) is 12.1 Å². The SMILES string of the molecule is COc1cccc(Cn2nc(C)c(NC(=O)C(F)(F)F)c2C)c1. The van der Waals surface area contributed by atoms with Crippen LogP contribution < -0.4 is 10.1 Å². The molecule has 0 aliphatic heterocycles. The third kappa shape index (κ3) is 3.82. The van der Waals surface area contributed by atoms with Gasteiger partial charge in [-0.05, 0) is 31.5 Å². The van der Waals surface area contributed by atoms with E-state index in [1.54, 1.807) is 27.0 Å². The zero-order valence-electron chi connectivity index (χ0n) is 12.9. The van der Waals surface area contributed by atoms with Crippen molar-refractivity contribution in [2.24, 2.45) is 0 Å². The van der Waals surface area contributed by atoms with Gasteiger partial charge in [-0.2, -0.15) is 18.3 Å². The van der Waals surface area contributed by atoms with Crippen LogP contribution in [0.4, 0.5) is 18.9 Å². The number of aryl methyl sites for hydroxylation is 1. The topological polar surface area (TPSA) is 56.1 Å². The van der Waals surface area contributed by atoms with E-state index in [1.807, 2.05) is 23.5 Å². The van der Waals surface area contributed by atoms with Gasteiger partial charge in [-0.3, -0.25) is 9.48 Å². The van der Waals surface area contributed by atoms with Crippen LogP contribution in [0, 0.1) is 13.8 Å². The predicted molar refractivity (Wildman–Crippen MR) is 78.5 cm³/mol. The third-order valence-electron chi connectivity index (χ3n) is 3.34. The Morgan fingerprint density at radius 2 is 2.04 bits per heavy atom. The number of aromatic nitrogens is 2. The molecular weight excluding hydrogens is 311 g/mol. The molecule has 0 aliphatic rings. The highest BCUT2D eigenvalue weighted by atomic mass is 19.4. The number of hydrogen-bond donors (Lipinski definition) is 1. The average molecular weight is 327 g/mol. The number of halogens is 3. The van der Waals surface area contributed by atoms with E-state index < -0.39 is 12.1 Å². The number of benzene rings is 1. The highest BCUT2D eigenvalue weighted by Gasteiger charge is 2.39. The first-order valence-corrected chi connectivity index (χ1v) is 6.77. The first-order valence-electron chi connectivity index (χ1n) is 6.77. The molecule has 0 spiro atoms. The lowest BCUT2D eigenvalue weighted by atomic mass is 10.2. The van der Waals surface area contributed by atoms with Gasteiger partial charge in [0.1, 0.15) is 5.75 Å². The standard InChI is InChI=1S/C15H16F3N3O2/c1-9-13(19-14(22)15(16,17)18)10(2)21(20-9)8-11-5-4-6-12(7-11)23-3/h4-7H,8H2,1-3H3,(H,19,22). The molecule has 1 heterocycles. The number of carbonyl (C=O) groups is 1. The third-order valence-corrected chi connectivity index (χ3v) is 3.34. The van der Waals surface area contributed by atoms with Crippen molar-refractivity contribution in [3.63, 3.8) is 0 Å². The van der Waals surface area contributed by atoms with Crippen molar-refractivity contribution < 1.29 is 22.7 Å². The van der Waals surface area contributed by atoms with Crippen molar-refractivity contribution in [2.75, 3.05) is 12.4 Å². The Morgan fingerprint density at radius 3 is 2.65 bits per heavy atom. The summed E-state index contributed by atoms with van der Waals surface area (Å²) in [5, 5.41) is 6.07. The number of rotatable bonds is 4. The number of anilines is 1. The maximum atomic E-state index is 12.4. The lowest BCUT2D eigenvalue weighted by Gasteiger charge is -2.09. The molecule has 1 aromatic carbocycles. The quantitative estimate of drug-likeness (QED) is 0.939. The van der Waals surface area contributed by atoms with Gasteiger partial charge in [0.2, 0.25) is 0 Å². The number of methoxy groups -OCH3 is 1. The van der Waals surface area contributed by atoms with E-state index in [-0.39, 0.29) is 5.69 Å². The van der Waals surface area contributed by atoms with Gasteiger partial charge >= 0.3 is 12.1 Å². The summed E-state index contributed by atoms with van der Waals surface area (Å²) in [5.74, 6) is -1.33. The molecule has 0 fully saturated rings. The highest BCUT2D eigenvalue weighted by Crippen LogP contribution is 2.24. The number of hydrogen-bond acceptors (Lipinski definition) is 3. The number of ether oxygens (including phenoxy) is 1. The van der Waals surface area contributed by atoms with Crippen LogP contribution in [0.5, 0.6) is 5.75 Å². The molecule has 0 atom stereocenters. The first kappa shape index (κ1) is 16.9. The maximum absolute atomic E-state index is 12.4. The van der Waals surface area contributed by atoms with E-state index in [0.29, 0.717) is 23.7 Å². The molecule has 0 saturated carbocycles. The summed E-state index contributed by atoms with van der Waals surface area (Å²) in [6.45, 7) is 3.50. The molecule has 8 heteroatoms. The summed E-state index contributed by atoms with van der Waals surface area (Å²) in [7, 11) is 1.55. The molecule has 1 amide bonds. The lowest BCUT2D eigenvalue weighted by Crippen LogP contribution is -2.30. The van der Waals surface area contributed by atoms with E-state index >= 15 is 0 Å². The molecule has 0 saturated heterocycles. The fourth-order valence-corrected chi connectivity index (χ4v) is 2.16. The molecule has 124 valence electrons.